The molecular formula is C8H15NO2. The minimum absolute atomic E-state index is 0.0877. The first-order valence-corrected chi connectivity index (χ1v) is 3.74. The third-order valence-electron chi connectivity index (χ3n) is 1.10. The van der Waals surface area contributed by atoms with Gasteiger partial charge in [-0.15, -0.1) is 12.3 Å². The predicted molar refractivity (Wildman–Crippen MR) is 44.2 cm³/mol. The van der Waals surface area contributed by atoms with Gasteiger partial charge in [-0.25, -0.2) is 0 Å². The molecule has 0 spiro atoms. The second-order valence-corrected chi connectivity index (χ2v) is 2.04. The lowest BCUT2D eigenvalue weighted by Gasteiger charge is -2.02. The quantitative estimate of drug-likeness (QED) is 0.390. The number of terminal acetylenes is 1. The van der Waals surface area contributed by atoms with Crippen LogP contribution in [0.2, 0.25) is 0 Å². The van der Waals surface area contributed by atoms with Gasteiger partial charge in [-0.2, -0.15) is 0 Å². The number of ether oxygens (including phenoxy) is 1. The Morgan fingerprint density at radius 1 is 1.36 bits per heavy atom. The van der Waals surface area contributed by atoms with E-state index in [-0.39, 0.29) is 6.61 Å². The van der Waals surface area contributed by atoms with Gasteiger partial charge in [0.05, 0.1) is 19.8 Å². The van der Waals surface area contributed by atoms with Gasteiger partial charge in [-0.3, -0.25) is 0 Å². The van der Waals surface area contributed by atoms with Crippen molar-refractivity contribution in [2.24, 2.45) is 0 Å². The summed E-state index contributed by atoms with van der Waals surface area (Å²) >= 11 is 0. The average molecular weight is 157 g/mol. The Kier molecular flexibility index (Phi) is 8.96. The summed E-state index contributed by atoms with van der Waals surface area (Å²) in [6.45, 7) is 2.76. The number of nitrogens with one attached hydrogen (secondary N) is 1. The molecule has 3 heteroatoms. The van der Waals surface area contributed by atoms with Crippen molar-refractivity contribution in [2.75, 3.05) is 32.9 Å². The first-order valence-electron chi connectivity index (χ1n) is 3.74. The van der Waals surface area contributed by atoms with Crippen LogP contribution < -0.4 is 5.32 Å². The summed E-state index contributed by atoms with van der Waals surface area (Å²) in [4.78, 5) is 0. The zero-order chi connectivity index (χ0) is 8.36. The van der Waals surface area contributed by atoms with Crippen LogP contribution in [0, 0.1) is 12.3 Å². The van der Waals surface area contributed by atoms with E-state index in [2.05, 4.69) is 11.2 Å². The molecule has 0 aromatic heterocycles. The molecule has 0 unspecified atom stereocenters. The van der Waals surface area contributed by atoms with Crippen molar-refractivity contribution in [2.45, 2.75) is 6.42 Å². The van der Waals surface area contributed by atoms with Crippen molar-refractivity contribution in [1.82, 2.24) is 5.32 Å². The molecule has 11 heavy (non-hydrogen) atoms. The maximum atomic E-state index is 8.34. The van der Waals surface area contributed by atoms with E-state index in [1.54, 1.807) is 0 Å². The molecule has 0 aliphatic rings. The van der Waals surface area contributed by atoms with E-state index >= 15 is 0 Å². The summed E-state index contributed by atoms with van der Waals surface area (Å²) in [5.74, 6) is 2.53. The number of aliphatic hydroxyl groups is 1. The average Bonchev–Trinajstić information content (AvgIpc) is 2.03. The monoisotopic (exact) mass is 157 g/mol. The van der Waals surface area contributed by atoms with E-state index in [0.29, 0.717) is 13.2 Å². The van der Waals surface area contributed by atoms with Crippen LogP contribution in [0.5, 0.6) is 0 Å². The standard InChI is InChI=1S/C8H15NO2/c1-2-3-4-9-5-7-11-8-6-10/h1,9-10H,3-8H2. The molecule has 0 aliphatic heterocycles. The lowest BCUT2D eigenvalue weighted by Crippen LogP contribution is -2.21. The van der Waals surface area contributed by atoms with Crippen LogP contribution in [0.3, 0.4) is 0 Å². The molecule has 0 saturated carbocycles. The van der Waals surface area contributed by atoms with Gasteiger partial charge >= 0.3 is 0 Å². The topological polar surface area (TPSA) is 41.5 Å². The van der Waals surface area contributed by atoms with E-state index in [0.717, 1.165) is 19.5 Å². The molecule has 0 aliphatic carbocycles. The molecule has 0 amide bonds. The van der Waals surface area contributed by atoms with Crippen molar-refractivity contribution in [3.05, 3.63) is 0 Å². The number of hydrogen-bond acceptors (Lipinski definition) is 3. The highest BCUT2D eigenvalue weighted by Crippen LogP contribution is 1.73. The molecule has 0 aromatic carbocycles. The molecular weight excluding hydrogens is 142 g/mol. The predicted octanol–water partition coefficient (Wildman–Crippen LogP) is -0.392. The molecule has 0 saturated heterocycles. The highest BCUT2D eigenvalue weighted by atomic mass is 16.5. The Morgan fingerprint density at radius 3 is 2.82 bits per heavy atom. The molecule has 0 aromatic rings. The first-order chi connectivity index (χ1) is 5.41. The summed E-state index contributed by atoms with van der Waals surface area (Å²) in [7, 11) is 0. The Morgan fingerprint density at radius 2 is 2.18 bits per heavy atom. The van der Waals surface area contributed by atoms with Crippen LogP contribution in [-0.4, -0.2) is 38.0 Å². The Balaban J connectivity index is 2.75. The molecule has 0 bridgehead atoms. The van der Waals surface area contributed by atoms with E-state index in [1.807, 2.05) is 0 Å². The fourth-order valence-corrected chi connectivity index (χ4v) is 0.597. The van der Waals surface area contributed by atoms with Crippen LogP contribution in [0.4, 0.5) is 0 Å². The molecule has 0 heterocycles. The second-order valence-electron chi connectivity index (χ2n) is 2.04. The smallest absolute Gasteiger partial charge is 0.0698 e. The third-order valence-corrected chi connectivity index (χ3v) is 1.10. The maximum absolute atomic E-state index is 8.34. The van der Waals surface area contributed by atoms with E-state index in [4.69, 9.17) is 16.3 Å². The summed E-state index contributed by atoms with van der Waals surface area (Å²) in [6, 6.07) is 0. The van der Waals surface area contributed by atoms with Crippen molar-refractivity contribution in [3.8, 4) is 12.3 Å². The normalized spacial score (nSPS) is 9.45. The summed E-state index contributed by atoms with van der Waals surface area (Å²) in [6.07, 6.45) is 5.79. The van der Waals surface area contributed by atoms with Crippen LogP contribution in [-0.2, 0) is 4.74 Å². The van der Waals surface area contributed by atoms with E-state index < -0.39 is 0 Å². The van der Waals surface area contributed by atoms with Gasteiger partial charge in [-0.1, -0.05) is 0 Å². The number of hydrogen-bond donors (Lipinski definition) is 2. The Hall–Kier alpha value is -0.560. The van der Waals surface area contributed by atoms with Gasteiger partial charge in [0.1, 0.15) is 0 Å². The minimum atomic E-state index is 0.0877. The molecule has 0 rings (SSSR count). The molecule has 2 N–H and O–H groups in total. The van der Waals surface area contributed by atoms with Gasteiger partial charge in [0, 0.05) is 19.5 Å². The fraction of sp³-hybridized carbons (Fsp3) is 0.750. The number of rotatable bonds is 7. The lowest BCUT2D eigenvalue weighted by atomic mass is 10.4. The zero-order valence-corrected chi connectivity index (χ0v) is 6.68. The molecule has 0 atom stereocenters. The SMILES string of the molecule is C#CCCNCCOCCO. The van der Waals surface area contributed by atoms with Crippen LogP contribution >= 0.6 is 0 Å². The second kappa shape index (κ2) is 9.44. The van der Waals surface area contributed by atoms with E-state index in [1.165, 1.54) is 0 Å². The van der Waals surface area contributed by atoms with Crippen LogP contribution in [0.1, 0.15) is 6.42 Å². The maximum Gasteiger partial charge on any atom is 0.0698 e. The lowest BCUT2D eigenvalue weighted by molar-refractivity contribution is 0.0941. The van der Waals surface area contributed by atoms with Crippen molar-refractivity contribution >= 4 is 0 Å². The first kappa shape index (κ1) is 10.4. The molecule has 0 radical (unpaired) electrons. The molecule has 64 valence electrons. The van der Waals surface area contributed by atoms with Crippen LogP contribution in [0.25, 0.3) is 0 Å². The fourth-order valence-electron chi connectivity index (χ4n) is 0.597. The highest BCUT2D eigenvalue weighted by Gasteiger charge is 1.86. The molecule has 3 nitrogen and oxygen atoms in total. The van der Waals surface area contributed by atoms with Gasteiger partial charge in [0.15, 0.2) is 0 Å². The minimum Gasteiger partial charge on any atom is -0.394 e. The summed E-state index contributed by atoms with van der Waals surface area (Å²) in [5, 5.41) is 11.4. The van der Waals surface area contributed by atoms with Crippen molar-refractivity contribution in [1.29, 1.82) is 0 Å². The highest BCUT2D eigenvalue weighted by molar-refractivity contribution is 4.83. The number of aliphatic hydroxyl groups excluding tert-OH is 1. The van der Waals surface area contributed by atoms with E-state index in [9.17, 15) is 0 Å². The van der Waals surface area contributed by atoms with Gasteiger partial charge in [0.25, 0.3) is 0 Å². The van der Waals surface area contributed by atoms with Gasteiger partial charge < -0.3 is 15.2 Å². The van der Waals surface area contributed by atoms with Crippen molar-refractivity contribution in [3.63, 3.8) is 0 Å². The van der Waals surface area contributed by atoms with Gasteiger partial charge in [-0.05, 0) is 0 Å². The van der Waals surface area contributed by atoms with Crippen molar-refractivity contribution < 1.29 is 9.84 Å². The summed E-state index contributed by atoms with van der Waals surface area (Å²) in [5.41, 5.74) is 0. The Bertz CT molecular complexity index is 109. The Labute approximate surface area is 67.8 Å². The zero-order valence-electron chi connectivity index (χ0n) is 6.68. The summed E-state index contributed by atoms with van der Waals surface area (Å²) < 4.78 is 5.00. The van der Waals surface area contributed by atoms with Crippen LogP contribution in [0.15, 0.2) is 0 Å². The van der Waals surface area contributed by atoms with Gasteiger partial charge in [0.2, 0.25) is 0 Å². The molecule has 0 fully saturated rings. The third kappa shape index (κ3) is 9.44. The largest absolute Gasteiger partial charge is 0.394 e.